The monoisotopic (exact) mass is 408 g/mol. The highest BCUT2D eigenvalue weighted by molar-refractivity contribution is 7.89. The van der Waals surface area contributed by atoms with Gasteiger partial charge in [-0.15, -0.1) is 0 Å². The standard InChI is InChI=1S/C19H24N2O6S/c1-11-7-8-15(28(24,25)21(5)6)10-17(11)20-18(22)14(4)27-19(23)16-9-12(2)26-13(16)3/h7-10,14H,1-6H3,(H,20,22). The van der Waals surface area contributed by atoms with Gasteiger partial charge < -0.3 is 14.5 Å². The van der Waals surface area contributed by atoms with Gasteiger partial charge in [-0.3, -0.25) is 4.79 Å². The first kappa shape index (κ1) is 21.6. The number of sulfonamides is 1. The Balaban J connectivity index is 2.16. The molecule has 152 valence electrons. The van der Waals surface area contributed by atoms with Crippen LogP contribution in [0.25, 0.3) is 0 Å². The van der Waals surface area contributed by atoms with Gasteiger partial charge in [-0.2, -0.15) is 0 Å². The van der Waals surface area contributed by atoms with Crippen molar-refractivity contribution in [3.05, 3.63) is 46.9 Å². The Kier molecular flexibility index (Phi) is 6.30. The summed E-state index contributed by atoms with van der Waals surface area (Å²) in [6, 6.07) is 5.98. The minimum atomic E-state index is -3.64. The summed E-state index contributed by atoms with van der Waals surface area (Å²) in [4.78, 5) is 24.7. The van der Waals surface area contributed by atoms with Crippen LogP contribution in [0.5, 0.6) is 0 Å². The molecule has 9 heteroatoms. The van der Waals surface area contributed by atoms with Crippen LogP contribution in [0.4, 0.5) is 5.69 Å². The molecule has 1 N–H and O–H groups in total. The highest BCUT2D eigenvalue weighted by atomic mass is 32.2. The molecule has 0 radical (unpaired) electrons. The Morgan fingerprint density at radius 1 is 1.14 bits per heavy atom. The predicted molar refractivity (Wildman–Crippen MR) is 104 cm³/mol. The van der Waals surface area contributed by atoms with Gasteiger partial charge in [-0.05, 0) is 51.5 Å². The molecule has 0 spiro atoms. The molecule has 1 aromatic heterocycles. The number of carbonyl (C=O) groups is 2. The summed E-state index contributed by atoms with van der Waals surface area (Å²) in [5.74, 6) is -0.268. The van der Waals surface area contributed by atoms with Crippen LogP contribution in [0, 0.1) is 20.8 Å². The van der Waals surface area contributed by atoms with E-state index in [2.05, 4.69) is 5.32 Å². The fraction of sp³-hybridized carbons (Fsp3) is 0.368. The second kappa shape index (κ2) is 8.15. The largest absolute Gasteiger partial charge is 0.466 e. The lowest BCUT2D eigenvalue weighted by molar-refractivity contribution is -0.123. The molecule has 0 aliphatic heterocycles. The number of ether oxygens (including phenoxy) is 1. The van der Waals surface area contributed by atoms with Crippen molar-refractivity contribution in [1.29, 1.82) is 0 Å². The van der Waals surface area contributed by atoms with Gasteiger partial charge >= 0.3 is 5.97 Å². The number of rotatable bonds is 6. The average molecular weight is 408 g/mol. The summed E-state index contributed by atoms with van der Waals surface area (Å²) in [5, 5.41) is 2.62. The van der Waals surface area contributed by atoms with Crippen molar-refractivity contribution in [2.75, 3.05) is 19.4 Å². The van der Waals surface area contributed by atoms with Gasteiger partial charge in [-0.25, -0.2) is 17.5 Å². The zero-order valence-electron chi connectivity index (χ0n) is 16.7. The van der Waals surface area contributed by atoms with Crippen molar-refractivity contribution in [1.82, 2.24) is 4.31 Å². The maximum absolute atomic E-state index is 12.4. The number of carbonyl (C=O) groups excluding carboxylic acids is 2. The highest BCUT2D eigenvalue weighted by Crippen LogP contribution is 2.22. The molecule has 0 aliphatic carbocycles. The average Bonchev–Trinajstić information content (AvgIpc) is 2.94. The maximum atomic E-state index is 12.4. The van der Waals surface area contributed by atoms with Crippen molar-refractivity contribution >= 4 is 27.6 Å². The quantitative estimate of drug-likeness (QED) is 0.737. The molecule has 0 saturated heterocycles. The lowest BCUT2D eigenvalue weighted by Gasteiger charge is -2.16. The number of hydrogen-bond donors (Lipinski definition) is 1. The summed E-state index contributed by atoms with van der Waals surface area (Å²) in [5.41, 5.74) is 1.25. The van der Waals surface area contributed by atoms with Gasteiger partial charge in [0.05, 0.1) is 4.90 Å². The van der Waals surface area contributed by atoms with Crippen LogP contribution in [0.15, 0.2) is 33.6 Å². The van der Waals surface area contributed by atoms with E-state index in [1.54, 1.807) is 32.9 Å². The molecule has 0 saturated carbocycles. The normalized spacial score (nSPS) is 12.7. The Hall–Kier alpha value is -2.65. The third-order valence-electron chi connectivity index (χ3n) is 4.16. The van der Waals surface area contributed by atoms with Crippen LogP contribution in [0.1, 0.15) is 34.4 Å². The molecule has 1 unspecified atom stereocenters. The molecule has 0 aliphatic rings. The van der Waals surface area contributed by atoms with Gasteiger partial charge in [0.1, 0.15) is 17.1 Å². The van der Waals surface area contributed by atoms with Crippen LogP contribution in [0.2, 0.25) is 0 Å². The van der Waals surface area contributed by atoms with E-state index in [0.717, 1.165) is 4.31 Å². The predicted octanol–water partition coefficient (Wildman–Crippen LogP) is 2.64. The molecule has 0 bridgehead atoms. The van der Waals surface area contributed by atoms with Crippen molar-refractivity contribution < 1.29 is 27.2 Å². The summed E-state index contributed by atoms with van der Waals surface area (Å²) < 4.78 is 36.2. The van der Waals surface area contributed by atoms with Crippen LogP contribution in [-0.2, 0) is 19.6 Å². The Morgan fingerprint density at radius 3 is 2.32 bits per heavy atom. The smallest absolute Gasteiger partial charge is 0.342 e. The number of anilines is 1. The summed E-state index contributed by atoms with van der Waals surface area (Å²) in [7, 11) is -0.793. The van der Waals surface area contributed by atoms with Gasteiger partial charge in [0.2, 0.25) is 10.0 Å². The zero-order valence-corrected chi connectivity index (χ0v) is 17.5. The third-order valence-corrected chi connectivity index (χ3v) is 5.97. The van der Waals surface area contributed by atoms with Crippen LogP contribution in [-0.4, -0.2) is 44.8 Å². The Bertz CT molecular complexity index is 1010. The first-order valence-corrected chi connectivity index (χ1v) is 9.99. The molecule has 1 aromatic carbocycles. The van der Waals surface area contributed by atoms with Gasteiger partial charge in [0, 0.05) is 19.8 Å². The second-order valence-corrected chi connectivity index (χ2v) is 8.78. The van der Waals surface area contributed by atoms with Crippen molar-refractivity contribution in [3.8, 4) is 0 Å². The summed E-state index contributed by atoms with van der Waals surface area (Å²) >= 11 is 0. The molecular formula is C19H24N2O6S. The van der Waals surface area contributed by atoms with Crippen molar-refractivity contribution in [2.45, 2.75) is 38.7 Å². The first-order valence-electron chi connectivity index (χ1n) is 8.55. The van der Waals surface area contributed by atoms with E-state index in [4.69, 9.17) is 9.15 Å². The van der Waals surface area contributed by atoms with E-state index in [1.807, 2.05) is 0 Å². The Labute approximate surface area is 164 Å². The molecule has 1 atom stereocenters. The summed E-state index contributed by atoms with van der Waals surface area (Å²) in [6.45, 7) is 6.51. The molecule has 1 amide bonds. The number of benzene rings is 1. The number of amides is 1. The van der Waals surface area contributed by atoms with Crippen molar-refractivity contribution in [3.63, 3.8) is 0 Å². The lowest BCUT2D eigenvalue weighted by Crippen LogP contribution is -2.30. The van der Waals surface area contributed by atoms with Crippen LogP contribution < -0.4 is 5.32 Å². The van der Waals surface area contributed by atoms with E-state index in [-0.39, 0.29) is 10.5 Å². The maximum Gasteiger partial charge on any atom is 0.342 e. The lowest BCUT2D eigenvalue weighted by atomic mass is 10.2. The van der Waals surface area contributed by atoms with E-state index < -0.39 is 28.0 Å². The number of nitrogens with one attached hydrogen (secondary N) is 1. The molecule has 0 fully saturated rings. The highest BCUT2D eigenvalue weighted by Gasteiger charge is 2.23. The topological polar surface area (TPSA) is 106 Å². The number of esters is 1. The number of furan rings is 1. The SMILES string of the molecule is Cc1cc(C(=O)OC(C)C(=O)Nc2cc(S(=O)(=O)N(C)C)ccc2C)c(C)o1. The van der Waals surface area contributed by atoms with E-state index >= 15 is 0 Å². The number of hydrogen-bond acceptors (Lipinski definition) is 6. The zero-order chi connectivity index (χ0) is 21.2. The van der Waals surface area contributed by atoms with Crippen LogP contribution in [0.3, 0.4) is 0 Å². The van der Waals surface area contributed by atoms with Crippen LogP contribution >= 0.6 is 0 Å². The molecule has 2 rings (SSSR count). The van der Waals surface area contributed by atoms with E-state index in [9.17, 15) is 18.0 Å². The molecule has 1 heterocycles. The van der Waals surface area contributed by atoms with Gasteiger partial charge in [0.15, 0.2) is 6.10 Å². The Morgan fingerprint density at radius 2 is 1.79 bits per heavy atom. The van der Waals surface area contributed by atoms with Gasteiger partial charge in [0.25, 0.3) is 5.91 Å². The number of aryl methyl sites for hydroxylation is 3. The van der Waals surface area contributed by atoms with Gasteiger partial charge in [-0.1, -0.05) is 6.07 Å². The minimum absolute atomic E-state index is 0.0487. The minimum Gasteiger partial charge on any atom is -0.466 e. The third kappa shape index (κ3) is 4.60. The first-order chi connectivity index (χ1) is 12.9. The molecular weight excluding hydrogens is 384 g/mol. The molecule has 8 nitrogen and oxygen atoms in total. The second-order valence-electron chi connectivity index (χ2n) is 6.63. The van der Waals surface area contributed by atoms with Crippen molar-refractivity contribution in [2.24, 2.45) is 0 Å². The fourth-order valence-electron chi connectivity index (χ4n) is 2.45. The molecule has 2 aromatic rings. The number of nitrogens with zero attached hydrogens (tertiary/aromatic N) is 1. The summed E-state index contributed by atoms with van der Waals surface area (Å²) in [6.07, 6.45) is -1.09. The van der Waals surface area contributed by atoms with E-state index in [1.165, 1.54) is 33.2 Å². The molecule has 28 heavy (non-hydrogen) atoms. The fourth-order valence-corrected chi connectivity index (χ4v) is 3.38. The van der Waals surface area contributed by atoms with E-state index in [0.29, 0.717) is 22.8 Å².